The summed E-state index contributed by atoms with van der Waals surface area (Å²) >= 11 is 0. The Morgan fingerprint density at radius 1 is 0.958 bits per heavy atom. The van der Waals surface area contributed by atoms with E-state index in [4.69, 9.17) is 4.74 Å². The highest BCUT2D eigenvalue weighted by atomic mass is 16.5. The van der Waals surface area contributed by atoms with Gasteiger partial charge in [0.1, 0.15) is 11.5 Å². The van der Waals surface area contributed by atoms with Crippen molar-refractivity contribution in [1.29, 1.82) is 0 Å². The molecule has 0 bridgehead atoms. The first kappa shape index (κ1) is 14.6. The molecule has 1 aliphatic rings. The van der Waals surface area contributed by atoms with Crippen LogP contribution in [0.5, 0.6) is 5.88 Å². The number of aromatic nitrogens is 2. The summed E-state index contributed by atoms with van der Waals surface area (Å²) in [7, 11) is 0. The molecule has 4 rings (SSSR count). The van der Waals surface area contributed by atoms with Gasteiger partial charge in [-0.25, -0.2) is 0 Å². The second-order valence-electron chi connectivity index (χ2n) is 5.77. The van der Waals surface area contributed by atoms with Crippen molar-refractivity contribution in [2.45, 2.75) is 12.8 Å². The molecule has 0 radical (unpaired) electrons. The first-order chi connectivity index (χ1) is 11.8. The molecule has 0 amide bonds. The van der Waals surface area contributed by atoms with E-state index in [9.17, 15) is 5.11 Å². The number of rotatable bonds is 3. The summed E-state index contributed by atoms with van der Waals surface area (Å²) in [6.45, 7) is 0.673. The van der Waals surface area contributed by atoms with Crippen LogP contribution in [0.4, 0.5) is 0 Å². The topological polar surface area (TPSA) is 47.3 Å². The zero-order valence-electron chi connectivity index (χ0n) is 13.2. The van der Waals surface area contributed by atoms with Crippen molar-refractivity contribution in [3.63, 3.8) is 0 Å². The van der Waals surface area contributed by atoms with Gasteiger partial charge in [-0.05, 0) is 12.8 Å². The van der Waals surface area contributed by atoms with E-state index in [-0.39, 0.29) is 5.76 Å². The molecule has 1 N–H and O–H groups in total. The molecule has 0 fully saturated rings. The van der Waals surface area contributed by atoms with Crippen LogP contribution in [0.1, 0.15) is 23.1 Å². The number of aliphatic hydroxyl groups excluding tert-OH is 1. The second kappa shape index (κ2) is 6.24. The lowest BCUT2D eigenvalue weighted by atomic mass is 10.1. The summed E-state index contributed by atoms with van der Waals surface area (Å²) < 4.78 is 7.55. The maximum Gasteiger partial charge on any atom is 0.220 e. The highest BCUT2D eigenvalue weighted by molar-refractivity contribution is 5.87. The predicted molar refractivity (Wildman–Crippen MR) is 93.8 cm³/mol. The first-order valence-electron chi connectivity index (χ1n) is 8.09. The molecule has 1 aliphatic heterocycles. The molecule has 0 saturated carbocycles. The van der Waals surface area contributed by atoms with Crippen LogP contribution in [0.2, 0.25) is 0 Å². The number of hydrogen-bond donors (Lipinski definition) is 1. The number of aliphatic hydroxyl groups is 1. The highest BCUT2D eigenvalue weighted by Gasteiger charge is 2.22. The number of fused-ring (bicyclic) bond motifs is 1. The minimum absolute atomic E-state index is 0.182. The fourth-order valence-corrected chi connectivity index (χ4v) is 2.98. The van der Waals surface area contributed by atoms with Crippen LogP contribution >= 0.6 is 0 Å². The summed E-state index contributed by atoms with van der Waals surface area (Å²) in [6, 6.07) is 19.3. The molecule has 0 aliphatic carbocycles. The Balaban J connectivity index is 1.94. The third kappa shape index (κ3) is 2.56. The second-order valence-corrected chi connectivity index (χ2v) is 5.77. The van der Waals surface area contributed by atoms with Crippen molar-refractivity contribution in [3.8, 4) is 5.88 Å². The molecular formula is C20H18N2O2. The smallest absolute Gasteiger partial charge is 0.220 e. The van der Waals surface area contributed by atoms with Gasteiger partial charge in [0.05, 0.1) is 12.8 Å². The minimum atomic E-state index is 0.182. The maximum atomic E-state index is 11.0. The van der Waals surface area contributed by atoms with Crippen molar-refractivity contribution < 1.29 is 9.84 Å². The van der Waals surface area contributed by atoms with Crippen LogP contribution in [0, 0.1) is 0 Å². The van der Waals surface area contributed by atoms with Crippen molar-refractivity contribution in [3.05, 3.63) is 83.6 Å². The van der Waals surface area contributed by atoms with Crippen LogP contribution in [0.25, 0.3) is 11.5 Å². The molecule has 24 heavy (non-hydrogen) atoms. The third-order valence-corrected chi connectivity index (χ3v) is 4.16. The Bertz CT molecular complexity index is 867. The van der Waals surface area contributed by atoms with Gasteiger partial charge in [-0.1, -0.05) is 60.7 Å². The van der Waals surface area contributed by atoms with Gasteiger partial charge >= 0.3 is 0 Å². The van der Waals surface area contributed by atoms with Gasteiger partial charge in [-0.2, -0.15) is 9.78 Å². The zero-order valence-corrected chi connectivity index (χ0v) is 13.2. The molecule has 1 aromatic heterocycles. The van der Waals surface area contributed by atoms with Crippen LogP contribution in [-0.4, -0.2) is 21.5 Å². The average molecular weight is 318 g/mol. The Hall–Kier alpha value is -3.01. The van der Waals surface area contributed by atoms with Crippen LogP contribution in [0.15, 0.2) is 66.9 Å². The summed E-state index contributed by atoms with van der Waals surface area (Å²) in [6.07, 6.45) is 3.77. The SMILES string of the molecule is OC(=C(c1ccccc1)n1ncc2c1OCCC2)c1ccccc1. The molecular weight excluding hydrogens is 300 g/mol. The Kier molecular flexibility index (Phi) is 3.79. The fourth-order valence-electron chi connectivity index (χ4n) is 2.98. The molecule has 2 heterocycles. The molecule has 3 aromatic rings. The fraction of sp³-hybridized carbons (Fsp3) is 0.150. The highest BCUT2D eigenvalue weighted by Crippen LogP contribution is 2.33. The summed E-state index contributed by atoms with van der Waals surface area (Å²) in [4.78, 5) is 0. The minimum Gasteiger partial charge on any atom is -0.505 e. The largest absolute Gasteiger partial charge is 0.505 e. The predicted octanol–water partition coefficient (Wildman–Crippen LogP) is 4.14. The molecule has 4 nitrogen and oxygen atoms in total. The number of aryl methyl sites for hydroxylation is 1. The average Bonchev–Trinajstić information content (AvgIpc) is 3.07. The van der Waals surface area contributed by atoms with Gasteiger partial charge in [0.2, 0.25) is 5.88 Å². The standard InChI is InChI=1S/C20H18N2O2/c23-19(16-10-5-2-6-11-16)18(15-8-3-1-4-9-15)22-20-17(14-21-22)12-7-13-24-20/h1-6,8-11,14,23H,7,12-13H2. The van der Waals surface area contributed by atoms with E-state index < -0.39 is 0 Å². The van der Waals surface area contributed by atoms with E-state index in [2.05, 4.69) is 5.10 Å². The van der Waals surface area contributed by atoms with Gasteiger partial charge in [-0.3, -0.25) is 0 Å². The van der Waals surface area contributed by atoms with Crippen molar-refractivity contribution in [2.24, 2.45) is 0 Å². The van der Waals surface area contributed by atoms with E-state index in [0.29, 0.717) is 12.3 Å². The monoisotopic (exact) mass is 318 g/mol. The van der Waals surface area contributed by atoms with Crippen LogP contribution < -0.4 is 4.74 Å². The third-order valence-electron chi connectivity index (χ3n) is 4.16. The molecule has 0 saturated heterocycles. The lowest BCUT2D eigenvalue weighted by Crippen LogP contribution is -2.13. The normalized spacial score (nSPS) is 14.5. The number of ether oxygens (including phenoxy) is 1. The van der Waals surface area contributed by atoms with Gasteiger partial charge in [0, 0.05) is 16.7 Å². The summed E-state index contributed by atoms with van der Waals surface area (Å²) in [5.41, 5.74) is 3.34. The zero-order chi connectivity index (χ0) is 16.4. The van der Waals surface area contributed by atoms with Gasteiger partial charge in [0.25, 0.3) is 0 Å². The van der Waals surface area contributed by atoms with Crippen molar-refractivity contribution >= 4 is 11.5 Å². The maximum absolute atomic E-state index is 11.0. The number of nitrogens with zero attached hydrogens (tertiary/aromatic N) is 2. The summed E-state index contributed by atoms with van der Waals surface area (Å²) in [5, 5.41) is 15.5. The Morgan fingerprint density at radius 3 is 2.33 bits per heavy atom. The van der Waals surface area contributed by atoms with Crippen LogP contribution in [0.3, 0.4) is 0 Å². The van der Waals surface area contributed by atoms with Gasteiger partial charge in [0.15, 0.2) is 0 Å². The molecule has 2 aromatic carbocycles. The van der Waals surface area contributed by atoms with E-state index in [1.807, 2.05) is 66.9 Å². The molecule has 4 heteroatoms. The molecule has 0 unspecified atom stereocenters. The lowest BCUT2D eigenvalue weighted by molar-refractivity contribution is 0.270. The van der Waals surface area contributed by atoms with E-state index in [1.165, 1.54) is 0 Å². The lowest BCUT2D eigenvalue weighted by Gasteiger charge is -2.18. The van der Waals surface area contributed by atoms with Gasteiger partial charge < -0.3 is 9.84 Å². The first-order valence-corrected chi connectivity index (χ1v) is 8.09. The number of hydrogen-bond acceptors (Lipinski definition) is 3. The number of benzene rings is 2. The van der Waals surface area contributed by atoms with Crippen LogP contribution in [-0.2, 0) is 6.42 Å². The van der Waals surface area contributed by atoms with E-state index >= 15 is 0 Å². The van der Waals surface area contributed by atoms with Crippen molar-refractivity contribution in [2.75, 3.05) is 6.61 Å². The van der Waals surface area contributed by atoms with Crippen molar-refractivity contribution in [1.82, 2.24) is 9.78 Å². The molecule has 0 atom stereocenters. The summed E-state index contributed by atoms with van der Waals surface area (Å²) in [5.74, 6) is 0.907. The molecule has 0 spiro atoms. The Morgan fingerprint density at radius 2 is 1.62 bits per heavy atom. The molecule has 120 valence electrons. The van der Waals surface area contributed by atoms with E-state index in [0.717, 1.165) is 35.4 Å². The van der Waals surface area contributed by atoms with Gasteiger partial charge in [-0.15, -0.1) is 0 Å². The quantitative estimate of drug-likeness (QED) is 0.583. The van der Waals surface area contributed by atoms with E-state index in [1.54, 1.807) is 4.68 Å². The Labute approximate surface area is 140 Å².